The molecular weight excluding hydrogens is 308 g/mol. The van der Waals surface area contributed by atoms with Gasteiger partial charge in [0.25, 0.3) is 0 Å². The first-order chi connectivity index (χ1) is 11.5. The van der Waals surface area contributed by atoms with E-state index >= 15 is 0 Å². The van der Waals surface area contributed by atoms with Gasteiger partial charge in [0, 0.05) is 38.7 Å². The van der Waals surface area contributed by atoms with Crippen molar-refractivity contribution in [2.75, 3.05) is 31.6 Å². The highest BCUT2D eigenvalue weighted by Crippen LogP contribution is 2.18. The summed E-state index contributed by atoms with van der Waals surface area (Å²) < 4.78 is 4.71. The second-order valence-electron chi connectivity index (χ2n) is 5.90. The number of ether oxygens (including phenoxy) is 1. The Bertz CT molecular complexity index is 609. The Kier molecular flexibility index (Phi) is 6.35. The van der Waals surface area contributed by atoms with Gasteiger partial charge in [-0.3, -0.25) is 9.59 Å². The van der Waals surface area contributed by atoms with Crippen LogP contribution in [0.3, 0.4) is 0 Å². The van der Waals surface area contributed by atoms with Gasteiger partial charge in [0.15, 0.2) is 0 Å². The van der Waals surface area contributed by atoms with Gasteiger partial charge in [0.1, 0.15) is 0 Å². The van der Waals surface area contributed by atoms with Crippen molar-refractivity contribution in [2.45, 2.75) is 32.6 Å². The minimum absolute atomic E-state index is 0.0741. The smallest absolute Gasteiger partial charge is 0.337 e. The van der Waals surface area contributed by atoms with Crippen LogP contribution in [-0.4, -0.2) is 49.4 Å². The average molecular weight is 332 g/mol. The van der Waals surface area contributed by atoms with Gasteiger partial charge in [0.2, 0.25) is 11.8 Å². The van der Waals surface area contributed by atoms with Crippen molar-refractivity contribution in [2.24, 2.45) is 0 Å². The monoisotopic (exact) mass is 332 g/mol. The minimum atomic E-state index is -0.454. The molecule has 1 aliphatic rings. The van der Waals surface area contributed by atoms with Gasteiger partial charge in [-0.25, -0.2) is 4.79 Å². The number of amides is 2. The Morgan fingerprint density at radius 1 is 1.17 bits per heavy atom. The Morgan fingerprint density at radius 2 is 1.88 bits per heavy atom. The number of carbonyl (C=O) groups excluding carboxylic acids is 3. The molecule has 0 unspecified atom stereocenters. The molecule has 0 aliphatic carbocycles. The van der Waals surface area contributed by atoms with Crippen LogP contribution in [-0.2, 0) is 14.3 Å². The fourth-order valence-corrected chi connectivity index (χ4v) is 2.90. The lowest BCUT2D eigenvalue weighted by Crippen LogP contribution is -2.39. The number of hydrogen-bond donors (Lipinski definition) is 0. The summed E-state index contributed by atoms with van der Waals surface area (Å²) in [6.45, 7) is 3.36. The van der Waals surface area contributed by atoms with E-state index in [0.717, 1.165) is 25.9 Å². The summed E-state index contributed by atoms with van der Waals surface area (Å²) in [6.07, 6.45) is 3.54. The molecule has 1 saturated heterocycles. The fraction of sp³-hybridized carbons (Fsp3) is 0.500. The third kappa shape index (κ3) is 4.57. The largest absolute Gasteiger partial charge is 0.465 e. The van der Waals surface area contributed by atoms with Gasteiger partial charge in [-0.1, -0.05) is 6.07 Å². The Labute approximate surface area is 142 Å². The van der Waals surface area contributed by atoms with E-state index in [4.69, 9.17) is 4.74 Å². The lowest BCUT2D eigenvalue weighted by atomic mass is 10.1. The molecule has 2 rings (SSSR count). The van der Waals surface area contributed by atoms with Gasteiger partial charge in [-0.2, -0.15) is 0 Å². The maximum absolute atomic E-state index is 12.3. The summed E-state index contributed by atoms with van der Waals surface area (Å²) in [5, 5.41) is 0. The minimum Gasteiger partial charge on any atom is -0.465 e. The fourth-order valence-electron chi connectivity index (χ4n) is 2.90. The quantitative estimate of drug-likeness (QED) is 0.776. The first kappa shape index (κ1) is 18.0. The Balaban J connectivity index is 2.05. The molecule has 6 heteroatoms. The van der Waals surface area contributed by atoms with Crippen LogP contribution in [0.2, 0.25) is 0 Å². The molecule has 1 aromatic carbocycles. The van der Waals surface area contributed by atoms with E-state index in [-0.39, 0.29) is 18.2 Å². The van der Waals surface area contributed by atoms with E-state index in [0.29, 0.717) is 17.8 Å². The van der Waals surface area contributed by atoms with Gasteiger partial charge in [-0.05, 0) is 37.5 Å². The van der Waals surface area contributed by atoms with Crippen molar-refractivity contribution in [3.05, 3.63) is 29.8 Å². The van der Waals surface area contributed by atoms with Crippen molar-refractivity contribution in [1.82, 2.24) is 4.90 Å². The molecule has 0 bridgehead atoms. The molecule has 0 saturated carbocycles. The molecule has 2 amide bonds. The molecule has 0 spiro atoms. The number of carbonyl (C=O) groups is 3. The second-order valence-corrected chi connectivity index (χ2v) is 5.90. The summed E-state index contributed by atoms with van der Waals surface area (Å²) in [5.41, 5.74) is 0.973. The molecule has 1 aliphatic heterocycles. The number of anilines is 1. The average Bonchev–Trinajstić information content (AvgIpc) is 2.61. The van der Waals surface area contributed by atoms with Gasteiger partial charge < -0.3 is 14.5 Å². The van der Waals surface area contributed by atoms with Crippen LogP contribution in [0.15, 0.2) is 24.3 Å². The van der Waals surface area contributed by atoms with Crippen LogP contribution in [0, 0.1) is 0 Å². The highest BCUT2D eigenvalue weighted by molar-refractivity contribution is 5.95. The topological polar surface area (TPSA) is 66.9 Å². The molecule has 0 radical (unpaired) electrons. The maximum Gasteiger partial charge on any atom is 0.337 e. The van der Waals surface area contributed by atoms with E-state index in [2.05, 4.69) is 0 Å². The number of esters is 1. The number of methoxy groups -OCH3 is 1. The van der Waals surface area contributed by atoms with Gasteiger partial charge in [-0.15, -0.1) is 0 Å². The zero-order chi connectivity index (χ0) is 17.5. The van der Waals surface area contributed by atoms with Crippen LogP contribution in [0.4, 0.5) is 5.69 Å². The summed E-state index contributed by atoms with van der Waals surface area (Å²) in [6, 6.07) is 6.69. The molecule has 130 valence electrons. The zero-order valence-corrected chi connectivity index (χ0v) is 14.3. The van der Waals surface area contributed by atoms with Crippen molar-refractivity contribution in [3.8, 4) is 0 Å². The number of rotatable bonds is 5. The third-order valence-electron chi connectivity index (χ3n) is 4.22. The normalized spacial score (nSPS) is 14.2. The Hall–Kier alpha value is -2.37. The van der Waals surface area contributed by atoms with Crippen molar-refractivity contribution in [1.29, 1.82) is 0 Å². The van der Waals surface area contributed by atoms with Crippen molar-refractivity contribution in [3.63, 3.8) is 0 Å². The molecule has 1 heterocycles. The predicted octanol–water partition coefficient (Wildman–Crippen LogP) is 2.23. The van der Waals surface area contributed by atoms with Crippen LogP contribution in [0.25, 0.3) is 0 Å². The predicted molar refractivity (Wildman–Crippen MR) is 90.9 cm³/mol. The molecule has 0 N–H and O–H groups in total. The molecule has 24 heavy (non-hydrogen) atoms. The summed E-state index contributed by atoms with van der Waals surface area (Å²) in [5.74, 6) is -0.543. The molecule has 0 aromatic heterocycles. The molecular formula is C18H24N2O4. The second kappa shape index (κ2) is 8.47. The Morgan fingerprint density at radius 3 is 2.50 bits per heavy atom. The van der Waals surface area contributed by atoms with Gasteiger partial charge in [0.05, 0.1) is 12.7 Å². The van der Waals surface area contributed by atoms with Crippen molar-refractivity contribution < 1.29 is 19.1 Å². The lowest BCUT2D eigenvalue weighted by Gasteiger charge is -2.28. The van der Waals surface area contributed by atoms with Crippen LogP contribution in [0.5, 0.6) is 0 Å². The molecule has 0 atom stereocenters. The zero-order valence-electron chi connectivity index (χ0n) is 14.3. The van der Waals surface area contributed by atoms with Crippen molar-refractivity contribution >= 4 is 23.5 Å². The number of hydrogen-bond acceptors (Lipinski definition) is 4. The number of piperidine rings is 1. The van der Waals surface area contributed by atoms with Gasteiger partial charge >= 0.3 is 5.97 Å². The van der Waals surface area contributed by atoms with E-state index in [1.54, 1.807) is 24.3 Å². The number of nitrogens with zero attached hydrogens (tertiary/aromatic N) is 2. The summed E-state index contributed by atoms with van der Waals surface area (Å²) in [4.78, 5) is 39.3. The molecule has 1 aromatic rings. The molecule has 1 fully saturated rings. The maximum atomic E-state index is 12.3. The third-order valence-corrected chi connectivity index (χ3v) is 4.22. The number of likely N-dealkylation sites (tertiary alicyclic amines) is 1. The van der Waals surface area contributed by atoms with Crippen LogP contribution in [0.1, 0.15) is 43.0 Å². The highest BCUT2D eigenvalue weighted by atomic mass is 16.5. The summed E-state index contributed by atoms with van der Waals surface area (Å²) >= 11 is 0. The van der Waals surface area contributed by atoms with E-state index in [1.165, 1.54) is 25.4 Å². The lowest BCUT2D eigenvalue weighted by molar-refractivity contribution is -0.131. The van der Waals surface area contributed by atoms with E-state index in [9.17, 15) is 14.4 Å². The van der Waals surface area contributed by atoms with E-state index < -0.39 is 5.97 Å². The first-order valence-corrected chi connectivity index (χ1v) is 8.27. The molecule has 6 nitrogen and oxygen atoms in total. The highest BCUT2D eigenvalue weighted by Gasteiger charge is 2.19. The number of benzene rings is 1. The SMILES string of the molecule is COC(=O)c1cccc(N(CCC(=O)N2CCCCC2)C(C)=O)c1. The summed E-state index contributed by atoms with van der Waals surface area (Å²) in [7, 11) is 1.31. The first-order valence-electron chi connectivity index (χ1n) is 8.27. The van der Waals surface area contributed by atoms with E-state index in [1.807, 2.05) is 4.90 Å². The van der Waals surface area contributed by atoms with Crippen LogP contribution >= 0.6 is 0 Å². The van der Waals surface area contributed by atoms with Crippen LogP contribution < -0.4 is 4.90 Å². The standard InChI is InChI=1S/C18H24N2O4/c1-14(21)20(12-9-17(22)19-10-4-3-5-11-19)16-8-6-7-15(13-16)18(23)24-2/h6-8,13H,3-5,9-12H2,1-2H3.